The van der Waals surface area contributed by atoms with E-state index in [9.17, 15) is 4.79 Å². The molecule has 1 fully saturated rings. The van der Waals surface area contributed by atoms with Gasteiger partial charge in [0.15, 0.2) is 5.11 Å². The van der Waals surface area contributed by atoms with Crippen molar-refractivity contribution in [2.75, 3.05) is 10.2 Å². The normalized spacial score (nSPS) is 17.5. The Balaban J connectivity index is 1.55. The van der Waals surface area contributed by atoms with Crippen LogP contribution in [-0.2, 0) is 4.79 Å². The molecule has 1 aliphatic heterocycles. The lowest BCUT2D eigenvalue weighted by molar-refractivity contribution is -0.114. The van der Waals surface area contributed by atoms with E-state index in [0.29, 0.717) is 5.11 Å². The Morgan fingerprint density at radius 3 is 2.50 bits per heavy atom. The third-order valence-corrected chi connectivity index (χ3v) is 6.45. The summed E-state index contributed by atoms with van der Waals surface area (Å²) < 4.78 is 7.39. The van der Waals surface area contributed by atoms with Crippen LogP contribution in [-0.4, -0.2) is 16.0 Å². The molecule has 6 nitrogen and oxygen atoms in total. The molecule has 2 atom stereocenters. The molecule has 2 unspecified atom stereocenters. The van der Waals surface area contributed by atoms with Gasteiger partial charge in [-0.25, -0.2) is 0 Å². The lowest BCUT2D eigenvalue weighted by Gasteiger charge is -2.26. The predicted octanol–water partition coefficient (Wildman–Crippen LogP) is 6.24. The molecule has 2 aromatic heterocycles. The van der Waals surface area contributed by atoms with Crippen LogP contribution < -0.4 is 15.5 Å². The summed E-state index contributed by atoms with van der Waals surface area (Å²) in [6.07, 6.45) is 1.78. The Morgan fingerprint density at radius 1 is 1.06 bits per heavy atom. The number of hydrogen-bond acceptors (Lipinski definition) is 4. The smallest absolute Gasteiger partial charge is 0.221 e. The first-order valence-corrected chi connectivity index (χ1v) is 11.9. The van der Waals surface area contributed by atoms with Crippen molar-refractivity contribution >= 4 is 50.5 Å². The largest absolute Gasteiger partial charge is 0.459 e. The maximum atomic E-state index is 11.4. The van der Waals surface area contributed by atoms with E-state index in [1.165, 1.54) is 6.92 Å². The van der Waals surface area contributed by atoms with Gasteiger partial charge >= 0.3 is 0 Å². The number of halogens is 1. The van der Waals surface area contributed by atoms with Crippen molar-refractivity contribution in [3.05, 3.63) is 101 Å². The summed E-state index contributed by atoms with van der Waals surface area (Å²) in [6.45, 7) is 1.49. The van der Waals surface area contributed by atoms with Crippen LogP contribution in [0.5, 0.6) is 0 Å². The lowest BCUT2D eigenvalue weighted by atomic mass is 10.0. The van der Waals surface area contributed by atoms with E-state index in [-0.39, 0.29) is 18.0 Å². The van der Waals surface area contributed by atoms with E-state index in [1.54, 1.807) is 6.20 Å². The second-order valence-electron chi connectivity index (χ2n) is 7.93. The minimum Gasteiger partial charge on any atom is -0.459 e. The fourth-order valence-corrected chi connectivity index (χ4v) is 4.72. The number of rotatable bonds is 5. The molecular weight excluding hydrogens is 512 g/mol. The molecule has 0 aliphatic carbocycles. The second kappa shape index (κ2) is 9.40. The minimum absolute atomic E-state index is 0.116. The van der Waals surface area contributed by atoms with Crippen molar-refractivity contribution < 1.29 is 9.21 Å². The number of carbonyl (C=O) groups is 1. The van der Waals surface area contributed by atoms with Gasteiger partial charge in [0.05, 0.1) is 11.7 Å². The maximum absolute atomic E-state index is 11.4. The molecule has 0 bridgehead atoms. The molecule has 3 heterocycles. The number of thiocarbonyl (C=S) groups is 1. The van der Waals surface area contributed by atoms with Crippen LogP contribution in [0, 0.1) is 0 Å². The number of benzene rings is 2. The van der Waals surface area contributed by atoms with E-state index in [1.807, 2.05) is 83.8 Å². The zero-order valence-corrected chi connectivity index (χ0v) is 20.6. The number of pyridine rings is 1. The highest BCUT2D eigenvalue weighted by atomic mass is 79.9. The first kappa shape index (κ1) is 22.3. The Labute approximate surface area is 211 Å². The Hall–Kier alpha value is -3.49. The number of aromatic nitrogens is 1. The van der Waals surface area contributed by atoms with Crippen molar-refractivity contribution in [3.8, 4) is 11.3 Å². The van der Waals surface area contributed by atoms with Crippen molar-refractivity contribution in [1.82, 2.24) is 10.3 Å². The molecule has 34 heavy (non-hydrogen) atoms. The quantitative estimate of drug-likeness (QED) is 0.296. The summed E-state index contributed by atoms with van der Waals surface area (Å²) in [5.41, 5.74) is 3.47. The molecule has 1 amide bonds. The maximum Gasteiger partial charge on any atom is 0.221 e. The van der Waals surface area contributed by atoms with E-state index < -0.39 is 0 Å². The van der Waals surface area contributed by atoms with Gasteiger partial charge < -0.3 is 20.0 Å². The van der Waals surface area contributed by atoms with Gasteiger partial charge in [0.2, 0.25) is 5.91 Å². The van der Waals surface area contributed by atoms with Crippen LogP contribution in [0.15, 0.2) is 93.9 Å². The second-order valence-corrected chi connectivity index (χ2v) is 9.24. The van der Waals surface area contributed by atoms with Crippen molar-refractivity contribution in [2.24, 2.45) is 0 Å². The zero-order valence-electron chi connectivity index (χ0n) is 18.2. The first-order valence-electron chi connectivity index (χ1n) is 10.7. The molecule has 4 aromatic rings. The first-order chi connectivity index (χ1) is 16.5. The molecule has 1 aliphatic rings. The van der Waals surface area contributed by atoms with Gasteiger partial charge in [0.1, 0.15) is 17.6 Å². The number of carbonyl (C=O) groups excluding carboxylic acids is 1. The molecule has 5 rings (SSSR count). The van der Waals surface area contributed by atoms with Gasteiger partial charge in [-0.3, -0.25) is 9.78 Å². The lowest BCUT2D eigenvalue weighted by Crippen LogP contribution is -2.29. The standard InChI is InChI=1S/C26H21BrN4O2S/c1-16(32)29-19-9-11-20(12-10-19)31-25(24(30-26(31)34)21-4-2-3-15-28-21)23-14-13-22(33-23)17-5-7-18(27)8-6-17/h2-15,24-25H,1H3,(H,29,32)(H,30,34). The van der Waals surface area contributed by atoms with Crippen LogP contribution in [0.2, 0.25) is 0 Å². The predicted molar refractivity (Wildman–Crippen MR) is 141 cm³/mol. The Bertz CT molecular complexity index is 1320. The highest BCUT2D eigenvalue weighted by molar-refractivity contribution is 9.10. The summed E-state index contributed by atoms with van der Waals surface area (Å²) in [7, 11) is 0. The number of hydrogen-bond donors (Lipinski definition) is 2. The number of nitrogens with one attached hydrogen (secondary N) is 2. The molecule has 170 valence electrons. The molecular formula is C26H21BrN4O2S. The molecule has 0 radical (unpaired) electrons. The average Bonchev–Trinajstić information content (AvgIpc) is 3.45. The topological polar surface area (TPSA) is 70.4 Å². The summed E-state index contributed by atoms with van der Waals surface area (Å²) in [4.78, 5) is 18.0. The SMILES string of the molecule is CC(=O)Nc1ccc(N2C(=S)NC(c3ccccn3)C2c2ccc(-c3ccc(Br)cc3)o2)cc1. The van der Waals surface area contributed by atoms with Crippen LogP contribution in [0.4, 0.5) is 11.4 Å². The fraction of sp³-hybridized carbons (Fsp3) is 0.115. The number of amides is 1. The summed E-state index contributed by atoms with van der Waals surface area (Å²) >= 11 is 9.24. The highest BCUT2D eigenvalue weighted by Crippen LogP contribution is 2.43. The monoisotopic (exact) mass is 532 g/mol. The van der Waals surface area contributed by atoms with Crippen molar-refractivity contribution in [2.45, 2.75) is 19.0 Å². The average molecular weight is 533 g/mol. The van der Waals surface area contributed by atoms with Crippen molar-refractivity contribution in [1.29, 1.82) is 0 Å². The zero-order chi connectivity index (χ0) is 23.7. The highest BCUT2D eigenvalue weighted by Gasteiger charge is 2.42. The summed E-state index contributed by atoms with van der Waals surface area (Å²) in [5, 5.41) is 6.81. The van der Waals surface area contributed by atoms with E-state index in [4.69, 9.17) is 16.6 Å². The molecule has 1 saturated heterocycles. The van der Waals surface area contributed by atoms with Gasteiger partial charge in [-0.2, -0.15) is 0 Å². The fourth-order valence-electron chi connectivity index (χ4n) is 4.11. The number of nitrogens with zero attached hydrogens (tertiary/aromatic N) is 2. The third kappa shape index (κ3) is 4.47. The molecule has 0 spiro atoms. The number of furan rings is 1. The van der Waals surface area contributed by atoms with E-state index >= 15 is 0 Å². The van der Waals surface area contributed by atoms with Crippen LogP contribution in [0.25, 0.3) is 11.3 Å². The molecule has 2 aromatic carbocycles. The van der Waals surface area contributed by atoms with Gasteiger partial charge in [0, 0.05) is 34.5 Å². The third-order valence-electron chi connectivity index (χ3n) is 5.61. The Morgan fingerprint density at radius 2 is 1.82 bits per heavy atom. The van der Waals surface area contributed by atoms with Gasteiger partial charge in [-0.05, 0) is 72.9 Å². The van der Waals surface area contributed by atoms with Gasteiger partial charge in [-0.1, -0.05) is 34.1 Å². The van der Waals surface area contributed by atoms with Crippen LogP contribution in [0.1, 0.15) is 30.5 Å². The van der Waals surface area contributed by atoms with Crippen LogP contribution in [0.3, 0.4) is 0 Å². The number of anilines is 2. The molecule has 0 saturated carbocycles. The van der Waals surface area contributed by atoms with E-state index in [2.05, 4.69) is 31.5 Å². The summed E-state index contributed by atoms with van der Waals surface area (Å²) in [6, 6.07) is 25.0. The van der Waals surface area contributed by atoms with Crippen LogP contribution >= 0.6 is 28.1 Å². The molecule has 8 heteroatoms. The van der Waals surface area contributed by atoms with Crippen molar-refractivity contribution in [3.63, 3.8) is 0 Å². The molecule has 2 N–H and O–H groups in total. The van der Waals surface area contributed by atoms with Gasteiger partial charge in [-0.15, -0.1) is 0 Å². The van der Waals surface area contributed by atoms with E-state index in [0.717, 1.165) is 38.6 Å². The minimum atomic E-state index is -0.252. The summed E-state index contributed by atoms with van der Waals surface area (Å²) in [5.74, 6) is 1.43. The van der Waals surface area contributed by atoms with Gasteiger partial charge in [0.25, 0.3) is 0 Å². The Kier molecular flexibility index (Phi) is 6.17.